The lowest BCUT2D eigenvalue weighted by atomic mass is 10.1. The number of benzene rings is 2. The monoisotopic (exact) mass is 378 g/mol. The van der Waals surface area contributed by atoms with Crippen molar-refractivity contribution >= 4 is 0 Å². The molecule has 0 aliphatic rings. The van der Waals surface area contributed by atoms with E-state index in [1.165, 1.54) is 0 Å². The molecule has 5 nitrogen and oxygen atoms in total. The van der Waals surface area contributed by atoms with Gasteiger partial charge in [-0.1, -0.05) is 36.4 Å². The topological polar surface area (TPSA) is 43.8 Å². The Kier molecular flexibility index (Phi) is 6.87. The molecule has 5 heteroatoms. The largest absolute Gasteiger partial charge is 0.496 e. The van der Waals surface area contributed by atoms with Crippen molar-refractivity contribution in [1.29, 1.82) is 0 Å². The summed E-state index contributed by atoms with van der Waals surface area (Å²) in [6.07, 6.45) is 1.82. The van der Waals surface area contributed by atoms with Crippen LogP contribution in [0.5, 0.6) is 17.2 Å². The molecule has 0 fully saturated rings. The second kappa shape index (κ2) is 9.76. The Balaban J connectivity index is 1.90. The maximum Gasteiger partial charge on any atom is 0.165 e. The van der Waals surface area contributed by atoms with Crippen LogP contribution in [0.4, 0.5) is 0 Å². The van der Waals surface area contributed by atoms with Crippen molar-refractivity contribution < 1.29 is 14.2 Å². The van der Waals surface area contributed by atoms with Gasteiger partial charge < -0.3 is 14.2 Å². The van der Waals surface area contributed by atoms with Gasteiger partial charge in [-0.25, -0.2) is 0 Å². The van der Waals surface area contributed by atoms with Crippen molar-refractivity contribution in [3.8, 4) is 17.2 Å². The van der Waals surface area contributed by atoms with E-state index in [1.807, 2.05) is 54.7 Å². The van der Waals surface area contributed by atoms with Crippen molar-refractivity contribution in [3.63, 3.8) is 0 Å². The van der Waals surface area contributed by atoms with Crippen LogP contribution in [0, 0.1) is 0 Å². The summed E-state index contributed by atoms with van der Waals surface area (Å²) < 4.78 is 16.6. The van der Waals surface area contributed by atoms with Crippen molar-refractivity contribution in [2.45, 2.75) is 19.6 Å². The highest BCUT2D eigenvalue weighted by molar-refractivity contribution is 5.46. The molecule has 0 spiro atoms. The molecule has 0 unspecified atom stereocenters. The van der Waals surface area contributed by atoms with Crippen LogP contribution >= 0.6 is 0 Å². The molecule has 1 heterocycles. The molecule has 1 aromatic heterocycles. The Hall–Kier alpha value is -3.05. The van der Waals surface area contributed by atoms with Gasteiger partial charge in [-0.2, -0.15) is 0 Å². The van der Waals surface area contributed by atoms with Crippen LogP contribution in [0.15, 0.2) is 66.9 Å². The number of rotatable bonds is 9. The fourth-order valence-electron chi connectivity index (χ4n) is 3.28. The zero-order valence-corrected chi connectivity index (χ0v) is 16.6. The van der Waals surface area contributed by atoms with Gasteiger partial charge in [0.25, 0.3) is 0 Å². The third kappa shape index (κ3) is 4.81. The molecule has 2 aromatic carbocycles. The molecule has 0 bridgehead atoms. The van der Waals surface area contributed by atoms with E-state index in [0.717, 1.165) is 40.6 Å². The van der Waals surface area contributed by atoms with Crippen LogP contribution in [0.1, 0.15) is 16.8 Å². The molecule has 0 radical (unpaired) electrons. The number of methoxy groups -OCH3 is 3. The third-order valence-electron chi connectivity index (χ3n) is 4.58. The zero-order chi connectivity index (χ0) is 19.8. The van der Waals surface area contributed by atoms with Crippen LogP contribution in [0.3, 0.4) is 0 Å². The number of hydrogen-bond donors (Lipinski definition) is 0. The lowest BCUT2D eigenvalue weighted by molar-refractivity contribution is 0.235. The fourth-order valence-corrected chi connectivity index (χ4v) is 3.28. The summed E-state index contributed by atoms with van der Waals surface area (Å²) in [5.74, 6) is 2.37. The van der Waals surface area contributed by atoms with Crippen molar-refractivity contribution in [1.82, 2.24) is 9.88 Å². The number of aromatic nitrogens is 1. The van der Waals surface area contributed by atoms with E-state index in [4.69, 9.17) is 14.2 Å². The van der Waals surface area contributed by atoms with Crippen LogP contribution in [-0.2, 0) is 19.6 Å². The van der Waals surface area contributed by atoms with Gasteiger partial charge in [0.15, 0.2) is 11.5 Å². The van der Waals surface area contributed by atoms with E-state index >= 15 is 0 Å². The van der Waals surface area contributed by atoms with E-state index in [0.29, 0.717) is 13.1 Å². The Bertz CT molecular complexity index is 884. The molecule has 0 amide bonds. The average Bonchev–Trinajstić information content (AvgIpc) is 2.74. The quantitative estimate of drug-likeness (QED) is 0.555. The fraction of sp³-hybridized carbons (Fsp3) is 0.261. The first-order valence-corrected chi connectivity index (χ1v) is 9.19. The number of nitrogens with zero attached hydrogens (tertiary/aromatic N) is 2. The van der Waals surface area contributed by atoms with Crippen LogP contribution < -0.4 is 14.2 Å². The van der Waals surface area contributed by atoms with Gasteiger partial charge >= 0.3 is 0 Å². The molecule has 3 rings (SSSR count). The van der Waals surface area contributed by atoms with Crippen LogP contribution in [0.25, 0.3) is 0 Å². The summed E-state index contributed by atoms with van der Waals surface area (Å²) in [5.41, 5.74) is 3.20. The molecule has 0 aliphatic carbocycles. The van der Waals surface area contributed by atoms with Gasteiger partial charge in [0, 0.05) is 37.0 Å². The maximum absolute atomic E-state index is 5.62. The Morgan fingerprint density at radius 1 is 0.679 bits per heavy atom. The van der Waals surface area contributed by atoms with Gasteiger partial charge in [-0.3, -0.25) is 9.88 Å². The van der Waals surface area contributed by atoms with E-state index in [2.05, 4.69) is 22.0 Å². The molecule has 0 atom stereocenters. The Morgan fingerprint density at radius 2 is 1.36 bits per heavy atom. The maximum atomic E-state index is 5.62. The number of para-hydroxylation sites is 2. The predicted octanol–water partition coefficient (Wildman–Crippen LogP) is 4.31. The first kappa shape index (κ1) is 19.7. The highest BCUT2D eigenvalue weighted by Crippen LogP contribution is 2.32. The second-order valence-corrected chi connectivity index (χ2v) is 6.43. The summed E-state index contributed by atoms with van der Waals surface area (Å²) in [6, 6.07) is 20.0. The predicted molar refractivity (Wildman–Crippen MR) is 110 cm³/mol. The molecule has 3 aromatic rings. The van der Waals surface area contributed by atoms with Gasteiger partial charge in [-0.05, 0) is 24.3 Å². The molecule has 146 valence electrons. The number of ether oxygens (including phenoxy) is 3. The summed E-state index contributed by atoms with van der Waals surface area (Å²) in [6.45, 7) is 2.12. The molecule has 0 N–H and O–H groups in total. The van der Waals surface area contributed by atoms with Gasteiger partial charge in [0.2, 0.25) is 0 Å². The molecule has 0 saturated carbocycles. The van der Waals surface area contributed by atoms with Crippen LogP contribution in [0.2, 0.25) is 0 Å². The number of hydrogen-bond acceptors (Lipinski definition) is 5. The van der Waals surface area contributed by atoms with Crippen LogP contribution in [-0.4, -0.2) is 31.2 Å². The first-order chi connectivity index (χ1) is 13.7. The molecule has 0 aliphatic heterocycles. The van der Waals surface area contributed by atoms with Crippen molar-refractivity contribution in [2.24, 2.45) is 0 Å². The standard InChI is InChI=1S/C23H26N2O3/c1-26-21-12-5-4-9-18(21)15-25(17-20-11-6-7-14-24-20)16-19-10-8-13-22(27-2)23(19)28-3/h4-14H,15-17H2,1-3H3. The molecule has 0 saturated heterocycles. The molecule has 28 heavy (non-hydrogen) atoms. The number of pyridine rings is 1. The minimum atomic E-state index is 0.689. The van der Waals surface area contributed by atoms with Gasteiger partial charge in [0.1, 0.15) is 5.75 Å². The normalized spacial score (nSPS) is 10.7. The van der Waals surface area contributed by atoms with E-state index < -0.39 is 0 Å². The lowest BCUT2D eigenvalue weighted by Crippen LogP contribution is -2.23. The van der Waals surface area contributed by atoms with E-state index in [-0.39, 0.29) is 0 Å². The minimum absolute atomic E-state index is 0.689. The van der Waals surface area contributed by atoms with E-state index in [1.54, 1.807) is 21.3 Å². The Morgan fingerprint density at radius 3 is 2.07 bits per heavy atom. The zero-order valence-electron chi connectivity index (χ0n) is 16.6. The highest BCUT2D eigenvalue weighted by Gasteiger charge is 2.16. The third-order valence-corrected chi connectivity index (χ3v) is 4.58. The highest BCUT2D eigenvalue weighted by atomic mass is 16.5. The van der Waals surface area contributed by atoms with Crippen molar-refractivity contribution in [3.05, 3.63) is 83.7 Å². The average molecular weight is 378 g/mol. The second-order valence-electron chi connectivity index (χ2n) is 6.43. The Labute approximate surface area is 166 Å². The SMILES string of the molecule is COc1ccccc1CN(Cc1ccccn1)Cc1cccc(OC)c1OC. The van der Waals surface area contributed by atoms with Gasteiger partial charge in [-0.15, -0.1) is 0 Å². The lowest BCUT2D eigenvalue weighted by Gasteiger charge is -2.24. The van der Waals surface area contributed by atoms with Crippen molar-refractivity contribution in [2.75, 3.05) is 21.3 Å². The minimum Gasteiger partial charge on any atom is -0.496 e. The van der Waals surface area contributed by atoms with Gasteiger partial charge in [0.05, 0.1) is 27.0 Å². The van der Waals surface area contributed by atoms with E-state index in [9.17, 15) is 0 Å². The summed E-state index contributed by atoms with van der Waals surface area (Å²) in [5, 5.41) is 0. The first-order valence-electron chi connectivity index (χ1n) is 9.19. The molecular formula is C23H26N2O3. The molecular weight excluding hydrogens is 352 g/mol. The summed E-state index contributed by atoms with van der Waals surface area (Å²) in [7, 11) is 5.03. The summed E-state index contributed by atoms with van der Waals surface area (Å²) in [4.78, 5) is 6.81. The summed E-state index contributed by atoms with van der Waals surface area (Å²) >= 11 is 0. The smallest absolute Gasteiger partial charge is 0.165 e.